The standard InChI is InChI=1S/C19H21NO/c1-21-18-9-5-6-15(13-18)12-16-10-11-20-19(14-16)17-7-3-2-4-8-17/h2-9,13,16H,10-12,14H2,1H3. The van der Waals surface area contributed by atoms with Crippen molar-refractivity contribution in [1.29, 1.82) is 0 Å². The zero-order valence-electron chi connectivity index (χ0n) is 12.5. The first-order valence-electron chi connectivity index (χ1n) is 7.57. The van der Waals surface area contributed by atoms with Crippen molar-refractivity contribution < 1.29 is 4.74 Å². The molecular formula is C19H21NO. The van der Waals surface area contributed by atoms with Gasteiger partial charge in [-0.05, 0) is 48.4 Å². The molecule has 0 fully saturated rings. The van der Waals surface area contributed by atoms with Gasteiger partial charge in [0.05, 0.1) is 7.11 Å². The molecule has 0 spiro atoms. The number of methoxy groups -OCH3 is 1. The first-order valence-corrected chi connectivity index (χ1v) is 7.57. The highest BCUT2D eigenvalue weighted by atomic mass is 16.5. The van der Waals surface area contributed by atoms with Crippen molar-refractivity contribution in [2.24, 2.45) is 10.9 Å². The molecule has 3 rings (SSSR count). The lowest BCUT2D eigenvalue weighted by Gasteiger charge is -2.22. The Morgan fingerprint density at radius 2 is 1.95 bits per heavy atom. The Morgan fingerprint density at radius 1 is 1.10 bits per heavy atom. The maximum absolute atomic E-state index is 5.31. The van der Waals surface area contributed by atoms with Crippen LogP contribution in [0.1, 0.15) is 24.0 Å². The molecule has 0 N–H and O–H groups in total. The highest BCUT2D eigenvalue weighted by Gasteiger charge is 2.18. The molecule has 21 heavy (non-hydrogen) atoms. The van der Waals surface area contributed by atoms with Crippen LogP contribution in [-0.4, -0.2) is 19.4 Å². The van der Waals surface area contributed by atoms with Gasteiger partial charge < -0.3 is 4.74 Å². The molecule has 1 aliphatic rings. The predicted octanol–water partition coefficient (Wildman–Crippen LogP) is 4.14. The minimum Gasteiger partial charge on any atom is -0.497 e. The van der Waals surface area contributed by atoms with Crippen LogP contribution < -0.4 is 4.74 Å². The van der Waals surface area contributed by atoms with Gasteiger partial charge in [-0.25, -0.2) is 0 Å². The molecule has 2 heteroatoms. The fourth-order valence-corrected chi connectivity index (χ4v) is 2.97. The summed E-state index contributed by atoms with van der Waals surface area (Å²) in [4.78, 5) is 4.72. The largest absolute Gasteiger partial charge is 0.497 e. The van der Waals surface area contributed by atoms with E-state index < -0.39 is 0 Å². The Bertz CT molecular complexity index is 618. The molecule has 0 aliphatic carbocycles. The van der Waals surface area contributed by atoms with Crippen LogP contribution in [0.3, 0.4) is 0 Å². The summed E-state index contributed by atoms with van der Waals surface area (Å²) in [7, 11) is 1.72. The maximum Gasteiger partial charge on any atom is 0.119 e. The number of hydrogen-bond acceptors (Lipinski definition) is 2. The van der Waals surface area contributed by atoms with Crippen molar-refractivity contribution in [2.75, 3.05) is 13.7 Å². The summed E-state index contributed by atoms with van der Waals surface area (Å²) in [5.41, 5.74) is 3.89. The smallest absolute Gasteiger partial charge is 0.119 e. The fourth-order valence-electron chi connectivity index (χ4n) is 2.97. The first-order chi connectivity index (χ1) is 10.3. The molecule has 2 nitrogen and oxygen atoms in total. The van der Waals surface area contributed by atoms with Crippen LogP contribution in [0.15, 0.2) is 59.6 Å². The first kappa shape index (κ1) is 13.9. The number of hydrogen-bond donors (Lipinski definition) is 0. The zero-order chi connectivity index (χ0) is 14.5. The van der Waals surface area contributed by atoms with E-state index in [1.165, 1.54) is 23.3 Å². The number of ether oxygens (including phenoxy) is 1. The molecule has 2 aromatic carbocycles. The summed E-state index contributed by atoms with van der Waals surface area (Å²) < 4.78 is 5.31. The second-order valence-electron chi connectivity index (χ2n) is 5.61. The second kappa shape index (κ2) is 6.57. The van der Waals surface area contributed by atoms with Crippen LogP contribution in [0.4, 0.5) is 0 Å². The van der Waals surface area contributed by atoms with E-state index in [4.69, 9.17) is 9.73 Å². The van der Waals surface area contributed by atoms with Gasteiger partial charge in [0.2, 0.25) is 0 Å². The van der Waals surface area contributed by atoms with Gasteiger partial charge in [0.25, 0.3) is 0 Å². The highest BCUT2D eigenvalue weighted by Crippen LogP contribution is 2.24. The van der Waals surface area contributed by atoms with Gasteiger partial charge in [-0.3, -0.25) is 4.99 Å². The summed E-state index contributed by atoms with van der Waals surface area (Å²) in [5, 5.41) is 0. The van der Waals surface area contributed by atoms with E-state index in [9.17, 15) is 0 Å². The Hall–Kier alpha value is -2.09. The minimum atomic E-state index is 0.671. The Morgan fingerprint density at radius 3 is 2.76 bits per heavy atom. The summed E-state index contributed by atoms with van der Waals surface area (Å²) in [6, 6.07) is 19.0. The van der Waals surface area contributed by atoms with Gasteiger partial charge in [-0.15, -0.1) is 0 Å². The van der Waals surface area contributed by atoms with Crippen LogP contribution in [0, 0.1) is 5.92 Å². The van der Waals surface area contributed by atoms with E-state index in [1.807, 2.05) is 6.07 Å². The van der Waals surface area contributed by atoms with Gasteiger partial charge in [-0.2, -0.15) is 0 Å². The van der Waals surface area contributed by atoms with E-state index in [0.29, 0.717) is 5.92 Å². The third-order valence-electron chi connectivity index (χ3n) is 4.09. The molecule has 108 valence electrons. The third kappa shape index (κ3) is 3.52. The van der Waals surface area contributed by atoms with Gasteiger partial charge in [-0.1, -0.05) is 42.5 Å². The lowest BCUT2D eigenvalue weighted by atomic mass is 9.87. The van der Waals surface area contributed by atoms with E-state index in [2.05, 4.69) is 48.5 Å². The normalized spacial score (nSPS) is 18.1. The third-order valence-corrected chi connectivity index (χ3v) is 4.09. The lowest BCUT2D eigenvalue weighted by molar-refractivity contribution is 0.413. The molecule has 1 unspecified atom stereocenters. The Balaban J connectivity index is 1.69. The van der Waals surface area contributed by atoms with Crippen LogP contribution in [0.2, 0.25) is 0 Å². The van der Waals surface area contributed by atoms with Gasteiger partial charge in [0.15, 0.2) is 0 Å². The zero-order valence-corrected chi connectivity index (χ0v) is 12.5. The van der Waals surface area contributed by atoms with Crippen molar-refractivity contribution in [1.82, 2.24) is 0 Å². The summed E-state index contributed by atoms with van der Waals surface area (Å²) in [5.74, 6) is 1.62. The lowest BCUT2D eigenvalue weighted by Crippen LogP contribution is -2.18. The average molecular weight is 279 g/mol. The predicted molar refractivity (Wildman–Crippen MR) is 87.3 cm³/mol. The van der Waals surface area contributed by atoms with Crippen LogP contribution >= 0.6 is 0 Å². The van der Waals surface area contributed by atoms with E-state index >= 15 is 0 Å². The number of benzene rings is 2. The van der Waals surface area contributed by atoms with Gasteiger partial charge >= 0.3 is 0 Å². The van der Waals surface area contributed by atoms with Crippen LogP contribution in [0.5, 0.6) is 5.75 Å². The average Bonchev–Trinajstić information content (AvgIpc) is 2.56. The SMILES string of the molecule is COc1cccc(CC2CCN=C(c3ccccc3)C2)c1. The fraction of sp³-hybridized carbons (Fsp3) is 0.316. The van der Waals surface area contributed by atoms with E-state index in [1.54, 1.807) is 7.11 Å². The van der Waals surface area contributed by atoms with Gasteiger partial charge in [0, 0.05) is 12.3 Å². The maximum atomic E-state index is 5.31. The number of nitrogens with zero attached hydrogens (tertiary/aromatic N) is 1. The molecular weight excluding hydrogens is 258 g/mol. The number of aliphatic imine (C=N–C) groups is 1. The van der Waals surface area contributed by atoms with Crippen LogP contribution in [0.25, 0.3) is 0 Å². The molecule has 0 saturated carbocycles. The molecule has 1 aliphatic heterocycles. The molecule has 1 heterocycles. The molecule has 0 bridgehead atoms. The van der Waals surface area contributed by atoms with Crippen molar-refractivity contribution in [3.05, 3.63) is 65.7 Å². The van der Waals surface area contributed by atoms with E-state index in [-0.39, 0.29) is 0 Å². The second-order valence-corrected chi connectivity index (χ2v) is 5.61. The Labute approximate surface area is 126 Å². The quantitative estimate of drug-likeness (QED) is 0.824. The molecule has 0 radical (unpaired) electrons. The Kier molecular flexibility index (Phi) is 4.34. The molecule has 0 amide bonds. The monoisotopic (exact) mass is 279 g/mol. The van der Waals surface area contributed by atoms with E-state index in [0.717, 1.165) is 25.1 Å². The van der Waals surface area contributed by atoms with Crippen LogP contribution in [-0.2, 0) is 6.42 Å². The highest BCUT2D eigenvalue weighted by molar-refractivity contribution is 6.01. The molecule has 0 aromatic heterocycles. The minimum absolute atomic E-state index is 0.671. The summed E-state index contributed by atoms with van der Waals surface area (Å²) in [6.07, 6.45) is 3.35. The topological polar surface area (TPSA) is 21.6 Å². The van der Waals surface area contributed by atoms with Gasteiger partial charge in [0.1, 0.15) is 5.75 Å². The molecule has 2 aromatic rings. The summed E-state index contributed by atoms with van der Waals surface area (Å²) >= 11 is 0. The molecule has 1 atom stereocenters. The van der Waals surface area contributed by atoms with Crippen molar-refractivity contribution in [2.45, 2.75) is 19.3 Å². The number of rotatable bonds is 4. The summed E-state index contributed by atoms with van der Waals surface area (Å²) in [6.45, 7) is 0.943. The van der Waals surface area contributed by atoms with Crippen molar-refractivity contribution >= 4 is 5.71 Å². The van der Waals surface area contributed by atoms with Crippen molar-refractivity contribution in [3.63, 3.8) is 0 Å². The molecule has 0 saturated heterocycles. The van der Waals surface area contributed by atoms with Crippen molar-refractivity contribution in [3.8, 4) is 5.75 Å².